The van der Waals surface area contributed by atoms with Gasteiger partial charge in [-0.2, -0.15) is 0 Å². The maximum absolute atomic E-state index is 11.7. The van der Waals surface area contributed by atoms with Crippen LogP contribution >= 0.6 is 11.3 Å². The third-order valence-corrected chi connectivity index (χ3v) is 8.12. The van der Waals surface area contributed by atoms with E-state index in [0.29, 0.717) is 12.2 Å². The zero-order chi connectivity index (χ0) is 26.6. The summed E-state index contributed by atoms with van der Waals surface area (Å²) in [6, 6.07) is 30.3. The lowest BCUT2D eigenvalue weighted by Gasteiger charge is -2.36. The highest BCUT2D eigenvalue weighted by atomic mass is 32.1. The molecule has 0 saturated carbocycles. The monoisotopic (exact) mass is 535 g/mol. The number of fused-ring (bicyclic) bond motifs is 1. The van der Waals surface area contributed by atoms with Crippen molar-refractivity contribution in [3.8, 4) is 11.3 Å². The quantitative estimate of drug-likeness (QED) is 0.173. The summed E-state index contributed by atoms with van der Waals surface area (Å²) in [6.07, 6.45) is 0.801. The molecular formula is C31H29N5O2S. The summed E-state index contributed by atoms with van der Waals surface area (Å²) in [6.45, 7) is 3.96. The van der Waals surface area contributed by atoms with Gasteiger partial charge in [-0.1, -0.05) is 72.8 Å². The van der Waals surface area contributed by atoms with Crippen molar-refractivity contribution in [3.05, 3.63) is 112 Å². The molecule has 0 atom stereocenters. The number of anilines is 3. The summed E-state index contributed by atoms with van der Waals surface area (Å²) in [5, 5.41) is 20.6. The first-order valence-corrected chi connectivity index (χ1v) is 14.0. The minimum Gasteiger partial charge on any atom is -0.379 e. The maximum atomic E-state index is 11.7. The number of nitrogens with zero attached hydrogens (tertiary/aromatic N) is 4. The SMILES string of the molecule is O=[N+]([O-])c1ccc(N2CCN(c3nc(-c4cccc5ccccc45)cs3)CC2)cc1NCCc1ccccc1. The van der Waals surface area contributed by atoms with Gasteiger partial charge in [0.25, 0.3) is 5.69 Å². The Bertz CT molecular complexity index is 1590. The van der Waals surface area contributed by atoms with Gasteiger partial charge in [-0.25, -0.2) is 4.98 Å². The first-order valence-electron chi connectivity index (χ1n) is 13.2. The molecule has 2 heterocycles. The van der Waals surface area contributed by atoms with E-state index in [2.05, 4.69) is 75.1 Å². The van der Waals surface area contributed by atoms with Crippen LogP contribution in [-0.2, 0) is 6.42 Å². The van der Waals surface area contributed by atoms with Crippen molar-refractivity contribution in [1.82, 2.24) is 4.98 Å². The van der Waals surface area contributed by atoms with E-state index < -0.39 is 0 Å². The van der Waals surface area contributed by atoms with Gasteiger partial charge in [0.2, 0.25) is 0 Å². The highest BCUT2D eigenvalue weighted by Crippen LogP contribution is 2.34. The Hall–Kier alpha value is -4.43. The van der Waals surface area contributed by atoms with E-state index in [9.17, 15) is 10.1 Å². The van der Waals surface area contributed by atoms with E-state index in [1.54, 1.807) is 17.4 Å². The lowest BCUT2D eigenvalue weighted by Crippen LogP contribution is -2.46. The molecule has 7 nitrogen and oxygen atoms in total. The fourth-order valence-electron chi connectivity index (χ4n) is 5.15. The van der Waals surface area contributed by atoms with Crippen LogP contribution in [0.3, 0.4) is 0 Å². The third-order valence-electron chi connectivity index (χ3n) is 7.22. The van der Waals surface area contributed by atoms with Crippen molar-refractivity contribution in [2.45, 2.75) is 6.42 Å². The van der Waals surface area contributed by atoms with Crippen molar-refractivity contribution < 1.29 is 4.92 Å². The first kappa shape index (κ1) is 24.9. The molecular weight excluding hydrogens is 506 g/mol. The predicted molar refractivity (Wildman–Crippen MR) is 161 cm³/mol. The molecule has 39 heavy (non-hydrogen) atoms. The lowest BCUT2D eigenvalue weighted by atomic mass is 10.0. The van der Waals surface area contributed by atoms with Gasteiger partial charge in [-0.3, -0.25) is 10.1 Å². The minimum atomic E-state index is -0.317. The number of nitro groups is 1. The van der Waals surface area contributed by atoms with Crippen LogP contribution in [0.5, 0.6) is 0 Å². The number of aromatic nitrogens is 1. The Labute approximate surface area is 231 Å². The second kappa shape index (κ2) is 11.1. The van der Waals surface area contributed by atoms with Crippen molar-refractivity contribution in [1.29, 1.82) is 0 Å². The van der Waals surface area contributed by atoms with Gasteiger partial charge in [-0.05, 0) is 34.9 Å². The number of rotatable bonds is 8. The van der Waals surface area contributed by atoms with Crippen LogP contribution in [0.1, 0.15) is 5.56 Å². The second-order valence-electron chi connectivity index (χ2n) is 9.64. The third kappa shape index (κ3) is 5.42. The fourth-order valence-corrected chi connectivity index (χ4v) is 6.03. The fraction of sp³-hybridized carbons (Fsp3) is 0.194. The summed E-state index contributed by atoms with van der Waals surface area (Å²) in [7, 11) is 0. The van der Waals surface area contributed by atoms with Crippen LogP contribution in [0.15, 0.2) is 96.4 Å². The number of benzene rings is 4. The molecule has 1 aliphatic rings. The van der Waals surface area contributed by atoms with E-state index in [0.717, 1.165) is 54.7 Å². The van der Waals surface area contributed by atoms with E-state index >= 15 is 0 Å². The second-order valence-corrected chi connectivity index (χ2v) is 10.5. The molecule has 0 spiro atoms. The van der Waals surface area contributed by atoms with Gasteiger partial charge in [-0.15, -0.1) is 11.3 Å². The molecule has 0 unspecified atom stereocenters. The molecule has 1 fully saturated rings. The number of thiazole rings is 1. The Balaban J connectivity index is 1.13. The van der Waals surface area contributed by atoms with Gasteiger partial charge in [0.1, 0.15) is 5.69 Å². The highest BCUT2D eigenvalue weighted by Gasteiger charge is 2.22. The van der Waals surface area contributed by atoms with Crippen LogP contribution in [0.25, 0.3) is 22.0 Å². The standard InChI is InChI=1S/C31H29N5O2S/c37-36(38)30-14-13-25(21-28(30)32-16-15-23-7-2-1-3-8-23)34-17-19-35(20-18-34)31-33-29(22-39-31)27-12-6-10-24-9-4-5-11-26(24)27/h1-14,21-22,32H,15-20H2. The molecule has 1 saturated heterocycles. The molecule has 0 radical (unpaired) electrons. The summed E-state index contributed by atoms with van der Waals surface area (Å²) in [5.74, 6) is 0. The molecule has 1 N–H and O–H groups in total. The summed E-state index contributed by atoms with van der Waals surface area (Å²) >= 11 is 1.68. The van der Waals surface area contributed by atoms with Crippen LogP contribution in [-0.4, -0.2) is 42.6 Å². The number of hydrogen-bond donors (Lipinski definition) is 1. The van der Waals surface area contributed by atoms with E-state index in [-0.39, 0.29) is 10.6 Å². The Morgan fingerprint density at radius 1 is 0.872 bits per heavy atom. The Morgan fingerprint density at radius 3 is 2.44 bits per heavy atom. The Morgan fingerprint density at radius 2 is 1.62 bits per heavy atom. The molecule has 0 amide bonds. The smallest absolute Gasteiger partial charge is 0.292 e. The maximum Gasteiger partial charge on any atom is 0.292 e. The van der Waals surface area contributed by atoms with E-state index in [1.165, 1.54) is 16.3 Å². The summed E-state index contributed by atoms with van der Waals surface area (Å²) < 4.78 is 0. The number of piperazine rings is 1. The van der Waals surface area contributed by atoms with Gasteiger partial charge in [0.05, 0.1) is 10.6 Å². The van der Waals surface area contributed by atoms with Gasteiger partial charge >= 0.3 is 0 Å². The molecule has 1 aromatic heterocycles. The number of nitrogens with one attached hydrogen (secondary N) is 1. The molecule has 0 bridgehead atoms. The largest absolute Gasteiger partial charge is 0.379 e. The lowest BCUT2D eigenvalue weighted by molar-refractivity contribution is -0.383. The van der Waals surface area contributed by atoms with Gasteiger partial charge in [0, 0.05) is 55.4 Å². The number of nitro benzene ring substituents is 1. The van der Waals surface area contributed by atoms with Crippen LogP contribution in [0.2, 0.25) is 0 Å². The topological polar surface area (TPSA) is 74.5 Å². The molecule has 6 rings (SSSR count). The average Bonchev–Trinajstić information content (AvgIpc) is 3.48. The minimum absolute atomic E-state index is 0.106. The normalized spacial score (nSPS) is 13.5. The van der Waals surface area contributed by atoms with Crippen molar-refractivity contribution in [2.75, 3.05) is 47.8 Å². The molecule has 5 aromatic rings. The summed E-state index contributed by atoms with van der Waals surface area (Å²) in [4.78, 5) is 21.0. The van der Waals surface area contributed by atoms with Crippen LogP contribution < -0.4 is 15.1 Å². The molecule has 8 heteroatoms. The highest BCUT2D eigenvalue weighted by molar-refractivity contribution is 7.14. The predicted octanol–water partition coefficient (Wildman–Crippen LogP) is 6.85. The van der Waals surface area contributed by atoms with Gasteiger partial charge < -0.3 is 15.1 Å². The average molecular weight is 536 g/mol. The number of hydrogen-bond acceptors (Lipinski definition) is 7. The van der Waals surface area contributed by atoms with Crippen LogP contribution in [0.4, 0.5) is 22.2 Å². The van der Waals surface area contributed by atoms with Crippen molar-refractivity contribution in [3.63, 3.8) is 0 Å². The first-order chi connectivity index (χ1) is 19.2. The van der Waals surface area contributed by atoms with Crippen molar-refractivity contribution >= 4 is 44.3 Å². The molecule has 0 aliphatic carbocycles. The van der Waals surface area contributed by atoms with E-state index in [1.807, 2.05) is 30.3 Å². The van der Waals surface area contributed by atoms with Crippen LogP contribution in [0, 0.1) is 10.1 Å². The van der Waals surface area contributed by atoms with Gasteiger partial charge in [0.15, 0.2) is 5.13 Å². The van der Waals surface area contributed by atoms with E-state index in [4.69, 9.17) is 4.98 Å². The zero-order valence-electron chi connectivity index (χ0n) is 21.5. The Kier molecular flexibility index (Phi) is 7.10. The molecule has 1 aliphatic heterocycles. The molecule has 196 valence electrons. The van der Waals surface area contributed by atoms with Crippen molar-refractivity contribution in [2.24, 2.45) is 0 Å². The zero-order valence-corrected chi connectivity index (χ0v) is 22.3. The molecule has 4 aromatic carbocycles. The summed E-state index contributed by atoms with van der Waals surface area (Å²) in [5.41, 5.74) is 5.04.